The average molecular weight is 254 g/mol. The molecule has 6 nitrogen and oxygen atoms in total. The number of aliphatic imine (C=N–C) groups is 2. The monoisotopic (exact) mass is 254 g/mol. The minimum absolute atomic E-state index is 0.0776. The second-order valence-corrected chi connectivity index (χ2v) is 4.17. The van der Waals surface area contributed by atoms with Crippen LogP contribution in [0.1, 0.15) is 26.2 Å². The number of nitrogens with two attached hydrogens (primary N) is 1. The Balaban J connectivity index is 2.27. The lowest BCUT2D eigenvalue weighted by molar-refractivity contribution is 0.0324. The van der Waals surface area contributed by atoms with Crippen LogP contribution in [0.15, 0.2) is 22.4 Å². The maximum absolute atomic E-state index is 8.67. The summed E-state index contributed by atoms with van der Waals surface area (Å²) in [6, 6.07) is 0.273. The number of aliphatic hydroxyl groups is 1. The van der Waals surface area contributed by atoms with E-state index in [1.807, 2.05) is 6.92 Å². The van der Waals surface area contributed by atoms with Crippen molar-refractivity contribution in [1.82, 2.24) is 5.32 Å². The third-order valence-corrected chi connectivity index (χ3v) is 2.72. The molecule has 1 fully saturated rings. The quantitative estimate of drug-likeness (QED) is 0.472. The van der Waals surface area contributed by atoms with Crippen LogP contribution in [0, 0.1) is 0 Å². The van der Waals surface area contributed by atoms with Crippen molar-refractivity contribution in [3.63, 3.8) is 0 Å². The summed E-state index contributed by atoms with van der Waals surface area (Å²) in [6.07, 6.45) is 7.74. The summed E-state index contributed by atoms with van der Waals surface area (Å²) < 4.78 is 5.47. The summed E-state index contributed by atoms with van der Waals surface area (Å²) in [5, 5.41) is 11.6. The van der Waals surface area contributed by atoms with E-state index >= 15 is 0 Å². The molecule has 1 rings (SSSR count). The number of hydrogen-bond donors (Lipinski definition) is 3. The van der Waals surface area contributed by atoms with Gasteiger partial charge in [-0.15, -0.1) is 0 Å². The lowest BCUT2D eigenvalue weighted by Crippen LogP contribution is -2.14. The highest BCUT2D eigenvalue weighted by Crippen LogP contribution is 2.24. The molecular formula is C12H22N4O2. The Bertz CT molecular complexity index is 315. The Morgan fingerprint density at radius 2 is 2.39 bits per heavy atom. The Morgan fingerprint density at radius 3 is 3.11 bits per heavy atom. The van der Waals surface area contributed by atoms with Crippen molar-refractivity contribution in [3.05, 3.63) is 12.4 Å². The van der Waals surface area contributed by atoms with E-state index in [0.717, 1.165) is 25.1 Å². The molecule has 1 aliphatic carbocycles. The Kier molecular flexibility index (Phi) is 7.05. The van der Waals surface area contributed by atoms with Crippen molar-refractivity contribution >= 4 is 12.2 Å². The van der Waals surface area contributed by atoms with E-state index in [1.165, 1.54) is 6.20 Å². The molecule has 2 unspecified atom stereocenters. The first-order valence-corrected chi connectivity index (χ1v) is 6.18. The molecule has 0 heterocycles. The summed E-state index contributed by atoms with van der Waals surface area (Å²) in [5.41, 5.74) is 5.20. The maximum Gasteiger partial charge on any atom is 0.112 e. The number of ether oxygens (including phenoxy) is 1. The second-order valence-electron chi connectivity index (χ2n) is 4.17. The molecule has 0 radical (unpaired) electrons. The van der Waals surface area contributed by atoms with Crippen molar-refractivity contribution in [2.75, 3.05) is 13.2 Å². The lowest BCUT2D eigenvalue weighted by Gasteiger charge is -2.09. The Labute approximate surface area is 108 Å². The Hall–Kier alpha value is -1.40. The summed E-state index contributed by atoms with van der Waals surface area (Å²) in [7, 11) is 0. The molecule has 1 saturated carbocycles. The van der Waals surface area contributed by atoms with Gasteiger partial charge in [0.05, 0.1) is 25.4 Å². The summed E-state index contributed by atoms with van der Waals surface area (Å²) in [6.45, 7) is 2.33. The topological polar surface area (TPSA) is 92.2 Å². The fourth-order valence-corrected chi connectivity index (χ4v) is 1.84. The molecule has 0 aliphatic heterocycles. The van der Waals surface area contributed by atoms with Gasteiger partial charge in [-0.1, -0.05) is 0 Å². The second kappa shape index (κ2) is 8.66. The molecule has 0 spiro atoms. The number of hydrogen-bond acceptors (Lipinski definition) is 4. The van der Waals surface area contributed by atoms with Crippen LogP contribution >= 0.6 is 0 Å². The highest BCUT2D eigenvalue weighted by Gasteiger charge is 2.24. The first-order chi connectivity index (χ1) is 8.76. The van der Waals surface area contributed by atoms with Gasteiger partial charge >= 0.3 is 0 Å². The third kappa shape index (κ3) is 5.79. The first-order valence-electron chi connectivity index (χ1n) is 6.18. The van der Waals surface area contributed by atoms with Crippen LogP contribution in [0.25, 0.3) is 0 Å². The van der Waals surface area contributed by atoms with Crippen molar-refractivity contribution in [2.24, 2.45) is 15.7 Å². The van der Waals surface area contributed by atoms with Crippen molar-refractivity contribution in [1.29, 1.82) is 0 Å². The molecule has 6 heteroatoms. The van der Waals surface area contributed by atoms with Gasteiger partial charge in [-0.2, -0.15) is 0 Å². The zero-order valence-corrected chi connectivity index (χ0v) is 10.7. The van der Waals surface area contributed by atoms with E-state index in [0.29, 0.717) is 6.61 Å². The van der Waals surface area contributed by atoms with E-state index in [-0.39, 0.29) is 18.8 Å². The third-order valence-electron chi connectivity index (χ3n) is 2.72. The van der Waals surface area contributed by atoms with Gasteiger partial charge in [0.1, 0.15) is 12.2 Å². The Morgan fingerprint density at radius 1 is 1.56 bits per heavy atom. The van der Waals surface area contributed by atoms with Gasteiger partial charge in [0.2, 0.25) is 0 Å². The first kappa shape index (κ1) is 14.7. The predicted molar refractivity (Wildman–Crippen MR) is 72.5 cm³/mol. The maximum atomic E-state index is 8.67. The molecule has 0 aromatic carbocycles. The predicted octanol–water partition coefficient (Wildman–Crippen LogP) is 0.383. The highest BCUT2D eigenvalue weighted by molar-refractivity contribution is 5.87. The zero-order chi connectivity index (χ0) is 13.2. The fourth-order valence-electron chi connectivity index (χ4n) is 1.84. The van der Waals surface area contributed by atoms with E-state index in [4.69, 9.17) is 15.6 Å². The average Bonchev–Trinajstić information content (AvgIpc) is 2.82. The van der Waals surface area contributed by atoms with E-state index < -0.39 is 0 Å². The van der Waals surface area contributed by atoms with Crippen LogP contribution in [0.3, 0.4) is 0 Å². The summed E-state index contributed by atoms with van der Waals surface area (Å²) in [4.78, 5) is 8.52. The standard InChI is InChI=1S/C12H22N4O2/c1-10(14-5-4-13)15-9-16-11-2-3-12(8-11)18-7-6-17/h4-5,9,11-12,17H,2-3,6-8,13H2,1H3,(H,14,15,16)/b5-4+. The number of aliphatic hydroxyl groups excluding tert-OH is 1. The van der Waals surface area contributed by atoms with Crippen molar-refractivity contribution in [2.45, 2.75) is 38.3 Å². The van der Waals surface area contributed by atoms with E-state index in [2.05, 4.69) is 15.3 Å². The largest absolute Gasteiger partial charge is 0.403 e. The molecule has 0 aromatic rings. The minimum Gasteiger partial charge on any atom is -0.403 e. The van der Waals surface area contributed by atoms with Gasteiger partial charge in [-0.3, -0.25) is 4.99 Å². The van der Waals surface area contributed by atoms with Crippen LogP contribution in [-0.4, -0.2) is 42.6 Å². The number of nitrogens with zero attached hydrogens (tertiary/aromatic N) is 2. The normalized spacial score (nSPS) is 25.3. The van der Waals surface area contributed by atoms with Crippen molar-refractivity contribution in [3.8, 4) is 0 Å². The molecule has 0 aromatic heterocycles. The van der Waals surface area contributed by atoms with Gasteiger partial charge in [0.25, 0.3) is 0 Å². The van der Waals surface area contributed by atoms with Crippen molar-refractivity contribution < 1.29 is 9.84 Å². The molecular weight excluding hydrogens is 232 g/mol. The fraction of sp³-hybridized carbons (Fsp3) is 0.667. The zero-order valence-electron chi connectivity index (χ0n) is 10.7. The van der Waals surface area contributed by atoms with Gasteiger partial charge in [-0.05, 0) is 26.2 Å². The number of nitrogens with one attached hydrogen (secondary N) is 1. The minimum atomic E-state index is 0.0776. The van der Waals surface area contributed by atoms with Crippen LogP contribution < -0.4 is 11.1 Å². The summed E-state index contributed by atoms with van der Waals surface area (Å²) in [5.74, 6) is 0.742. The van der Waals surface area contributed by atoms with Crippen LogP contribution in [0.2, 0.25) is 0 Å². The SMILES string of the molecule is CC(=NC=NC1CCC(OCCO)C1)N/C=C/N. The van der Waals surface area contributed by atoms with E-state index in [1.54, 1.807) is 12.5 Å². The van der Waals surface area contributed by atoms with Gasteiger partial charge < -0.3 is 20.9 Å². The molecule has 0 saturated heterocycles. The molecule has 4 N–H and O–H groups in total. The van der Waals surface area contributed by atoms with Gasteiger partial charge in [0, 0.05) is 12.4 Å². The van der Waals surface area contributed by atoms with Crippen LogP contribution in [0.4, 0.5) is 0 Å². The smallest absolute Gasteiger partial charge is 0.112 e. The molecule has 18 heavy (non-hydrogen) atoms. The lowest BCUT2D eigenvalue weighted by atomic mass is 10.3. The highest BCUT2D eigenvalue weighted by atomic mass is 16.5. The number of rotatable bonds is 6. The summed E-state index contributed by atoms with van der Waals surface area (Å²) >= 11 is 0. The molecule has 0 amide bonds. The van der Waals surface area contributed by atoms with Gasteiger partial charge in [-0.25, -0.2) is 4.99 Å². The molecule has 0 bridgehead atoms. The van der Waals surface area contributed by atoms with Gasteiger partial charge in [0.15, 0.2) is 0 Å². The number of amidine groups is 1. The van der Waals surface area contributed by atoms with E-state index in [9.17, 15) is 0 Å². The molecule has 1 aliphatic rings. The molecule has 102 valence electrons. The van der Waals surface area contributed by atoms with Crippen LogP contribution in [-0.2, 0) is 4.74 Å². The van der Waals surface area contributed by atoms with Crippen LogP contribution in [0.5, 0.6) is 0 Å². The molecule has 2 atom stereocenters.